The number of aryl methyl sites for hydroxylation is 1. The molecule has 0 amide bonds. The van der Waals surface area contributed by atoms with Gasteiger partial charge >= 0.3 is 5.97 Å². The number of esters is 1. The first kappa shape index (κ1) is 10.6. The van der Waals surface area contributed by atoms with Crippen molar-refractivity contribution in [1.29, 1.82) is 0 Å². The predicted molar refractivity (Wildman–Crippen MR) is 47.4 cm³/mol. The first-order valence-electron chi connectivity index (χ1n) is 4.29. The molecule has 0 radical (unpaired) electrons. The van der Waals surface area contributed by atoms with E-state index in [1.807, 2.05) is 0 Å². The number of carbonyl (C=O) groups is 1. The molecule has 1 aromatic rings. The molecular formula is C8H13N3O3. The Kier molecular flexibility index (Phi) is 4.06. The summed E-state index contributed by atoms with van der Waals surface area (Å²) < 4.78 is 9.59. The Morgan fingerprint density at radius 1 is 1.57 bits per heavy atom. The number of hydrogen-bond acceptors (Lipinski definition) is 6. The summed E-state index contributed by atoms with van der Waals surface area (Å²) in [7, 11) is 1.36. The van der Waals surface area contributed by atoms with Crippen LogP contribution >= 0.6 is 0 Å². The second-order valence-corrected chi connectivity index (χ2v) is 2.72. The third-order valence-electron chi connectivity index (χ3n) is 1.58. The fraction of sp³-hybridized carbons (Fsp3) is 0.625. The quantitative estimate of drug-likeness (QED) is 0.532. The fourth-order valence-corrected chi connectivity index (χ4v) is 0.897. The highest BCUT2D eigenvalue weighted by Gasteiger charge is 2.02. The number of ether oxygens (including phenoxy) is 1. The van der Waals surface area contributed by atoms with Gasteiger partial charge in [-0.05, 0) is 0 Å². The van der Waals surface area contributed by atoms with Gasteiger partial charge in [-0.2, -0.15) is 0 Å². The maximum Gasteiger partial charge on any atom is 0.306 e. The van der Waals surface area contributed by atoms with Crippen LogP contribution in [-0.4, -0.2) is 29.8 Å². The zero-order valence-corrected chi connectivity index (χ0v) is 8.24. The zero-order valence-electron chi connectivity index (χ0n) is 8.24. The van der Waals surface area contributed by atoms with Gasteiger partial charge in [-0.25, -0.2) is 0 Å². The van der Waals surface area contributed by atoms with Crippen LogP contribution in [0.15, 0.2) is 4.42 Å². The van der Waals surface area contributed by atoms with Crippen LogP contribution in [0.1, 0.15) is 18.2 Å². The average molecular weight is 199 g/mol. The van der Waals surface area contributed by atoms with Crippen LogP contribution < -0.4 is 5.32 Å². The molecule has 0 aromatic carbocycles. The van der Waals surface area contributed by atoms with Crippen LogP contribution in [0, 0.1) is 6.92 Å². The van der Waals surface area contributed by atoms with E-state index in [0.29, 0.717) is 31.3 Å². The summed E-state index contributed by atoms with van der Waals surface area (Å²) in [5.74, 6) is 0.821. The molecule has 0 saturated heterocycles. The van der Waals surface area contributed by atoms with E-state index in [9.17, 15) is 4.79 Å². The number of nitrogens with one attached hydrogen (secondary N) is 1. The van der Waals surface area contributed by atoms with Gasteiger partial charge in [-0.3, -0.25) is 4.79 Å². The summed E-state index contributed by atoms with van der Waals surface area (Å²) in [4.78, 5) is 10.7. The second-order valence-electron chi connectivity index (χ2n) is 2.72. The van der Waals surface area contributed by atoms with Crippen molar-refractivity contribution in [2.24, 2.45) is 0 Å². The maximum absolute atomic E-state index is 10.7. The van der Waals surface area contributed by atoms with Gasteiger partial charge < -0.3 is 14.5 Å². The predicted octanol–water partition coefficient (Wildman–Crippen LogP) is 0.0307. The molecule has 1 heterocycles. The first-order chi connectivity index (χ1) is 6.72. The van der Waals surface area contributed by atoms with Gasteiger partial charge in [0, 0.05) is 13.5 Å². The van der Waals surface area contributed by atoms with Crippen LogP contribution in [0.4, 0.5) is 0 Å². The van der Waals surface area contributed by atoms with Gasteiger partial charge in [0.1, 0.15) is 0 Å². The van der Waals surface area contributed by atoms with Crippen LogP contribution in [0.25, 0.3) is 0 Å². The van der Waals surface area contributed by atoms with Crippen molar-refractivity contribution >= 4 is 5.97 Å². The van der Waals surface area contributed by atoms with Crippen molar-refractivity contribution in [1.82, 2.24) is 15.5 Å². The molecule has 78 valence electrons. The Bertz CT molecular complexity index is 298. The Morgan fingerprint density at radius 2 is 2.36 bits per heavy atom. The lowest BCUT2D eigenvalue weighted by Crippen LogP contribution is -2.18. The third-order valence-corrected chi connectivity index (χ3v) is 1.58. The monoisotopic (exact) mass is 199 g/mol. The highest BCUT2D eigenvalue weighted by molar-refractivity contribution is 5.69. The van der Waals surface area contributed by atoms with Crippen molar-refractivity contribution in [2.45, 2.75) is 19.9 Å². The van der Waals surface area contributed by atoms with Gasteiger partial charge in [0.25, 0.3) is 0 Å². The summed E-state index contributed by atoms with van der Waals surface area (Å²) >= 11 is 0. The van der Waals surface area contributed by atoms with Crippen LogP contribution in [0.2, 0.25) is 0 Å². The Morgan fingerprint density at radius 3 is 2.93 bits per heavy atom. The van der Waals surface area contributed by atoms with Gasteiger partial charge in [0.05, 0.1) is 20.1 Å². The van der Waals surface area contributed by atoms with E-state index in [0.717, 1.165) is 0 Å². The number of hydrogen-bond donors (Lipinski definition) is 1. The molecule has 6 heteroatoms. The molecule has 1 N–H and O–H groups in total. The number of nitrogens with zero attached hydrogens (tertiary/aromatic N) is 2. The van der Waals surface area contributed by atoms with Crippen LogP contribution in [0.5, 0.6) is 0 Å². The minimum absolute atomic E-state index is 0.237. The summed E-state index contributed by atoms with van der Waals surface area (Å²) in [5, 5.41) is 10.4. The van der Waals surface area contributed by atoms with E-state index in [2.05, 4.69) is 20.3 Å². The number of rotatable bonds is 5. The van der Waals surface area contributed by atoms with Crippen molar-refractivity contribution in [3.8, 4) is 0 Å². The molecule has 0 saturated carbocycles. The van der Waals surface area contributed by atoms with E-state index < -0.39 is 0 Å². The molecule has 0 bridgehead atoms. The van der Waals surface area contributed by atoms with Gasteiger partial charge in [0.2, 0.25) is 11.8 Å². The van der Waals surface area contributed by atoms with Gasteiger partial charge in [-0.15, -0.1) is 10.2 Å². The summed E-state index contributed by atoms with van der Waals surface area (Å²) in [6.07, 6.45) is 0.337. The van der Waals surface area contributed by atoms with Crippen molar-refractivity contribution in [3.05, 3.63) is 11.8 Å². The molecule has 1 aromatic heterocycles. The molecule has 0 unspecified atom stereocenters. The van der Waals surface area contributed by atoms with E-state index in [1.54, 1.807) is 6.92 Å². The Hall–Kier alpha value is -1.43. The molecule has 1 rings (SSSR count). The average Bonchev–Trinajstić information content (AvgIpc) is 2.58. The highest BCUT2D eigenvalue weighted by Crippen LogP contribution is 1.96. The lowest BCUT2D eigenvalue weighted by atomic mass is 10.4. The minimum atomic E-state index is -0.237. The van der Waals surface area contributed by atoms with E-state index in [-0.39, 0.29) is 5.97 Å². The SMILES string of the molecule is COC(=O)CCNCc1nnc(C)o1. The maximum atomic E-state index is 10.7. The fourth-order valence-electron chi connectivity index (χ4n) is 0.897. The lowest BCUT2D eigenvalue weighted by molar-refractivity contribution is -0.140. The standard InChI is InChI=1S/C8H13N3O3/c1-6-10-11-7(14-6)5-9-4-3-8(12)13-2/h9H,3-5H2,1-2H3. The largest absolute Gasteiger partial charge is 0.469 e. The summed E-state index contributed by atoms with van der Waals surface area (Å²) in [6, 6.07) is 0. The molecule has 0 fully saturated rings. The summed E-state index contributed by atoms with van der Waals surface area (Å²) in [6.45, 7) is 2.73. The lowest BCUT2D eigenvalue weighted by Gasteiger charge is -1.99. The molecule has 0 aliphatic rings. The molecule has 0 spiro atoms. The number of methoxy groups -OCH3 is 1. The Labute approximate surface area is 81.6 Å². The van der Waals surface area contributed by atoms with E-state index in [1.165, 1.54) is 7.11 Å². The van der Waals surface area contributed by atoms with E-state index in [4.69, 9.17) is 4.42 Å². The topological polar surface area (TPSA) is 77.2 Å². The number of carbonyl (C=O) groups excluding carboxylic acids is 1. The van der Waals surface area contributed by atoms with Crippen molar-refractivity contribution < 1.29 is 13.9 Å². The zero-order chi connectivity index (χ0) is 10.4. The molecule has 0 aliphatic heterocycles. The second kappa shape index (κ2) is 5.33. The van der Waals surface area contributed by atoms with E-state index >= 15 is 0 Å². The first-order valence-corrected chi connectivity index (χ1v) is 4.29. The smallest absolute Gasteiger partial charge is 0.306 e. The molecule has 0 aliphatic carbocycles. The molecular weight excluding hydrogens is 186 g/mol. The minimum Gasteiger partial charge on any atom is -0.469 e. The Balaban J connectivity index is 2.13. The van der Waals surface area contributed by atoms with Crippen LogP contribution in [-0.2, 0) is 16.1 Å². The molecule has 0 atom stereocenters. The van der Waals surface area contributed by atoms with Crippen molar-refractivity contribution in [3.63, 3.8) is 0 Å². The van der Waals surface area contributed by atoms with Crippen LogP contribution in [0.3, 0.4) is 0 Å². The summed E-state index contributed by atoms with van der Waals surface area (Å²) in [5.41, 5.74) is 0. The van der Waals surface area contributed by atoms with Gasteiger partial charge in [-0.1, -0.05) is 0 Å². The molecule has 6 nitrogen and oxygen atoms in total. The normalized spacial score (nSPS) is 10.1. The third kappa shape index (κ3) is 3.53. The van der Waals surface area contributed by atoms with Gasteiger partial charge in [0.15, 0.2) is 0 Å². The number of aromatic nitrogens is 2. The van der Waals surface area contributed by atoms with Crippen molar-refractivity contribution in [2.75, 3.05) is 13.7 Å². The molecule has 14 heavy (non-hydrogen) atoms. The highest BCUT2D eigenvalue weighted by atomic mass is 16.5.